The summed E-state index contributed by atoms with van der Waals surface area (Å²) in [6.07, 6.45) is 3.36. The summed E-state index contributed by atoms with van der Waals surface area (Å²) in [6.45, 7) is 1.18. The van der Waals surface area contributed by atoms with Crippen molar-refractivity contribution < 1.29 is 9.59 Å². The Hall–Kier alpha value is -2.25. The SMILES string of the molecule is O=C(NCCc1nc2ccccc2s1)C1CCCCN1C(=O)c1cccs1. The molecule has 2 aromatic heterocycles. The van der Waals surface area contributed by atoms with Gasteiger partial charge in [0.1, 0.15) is 6.04 Å². The van der Waals surface area contributed by atoms with Crippen LogP contribution in [0.25, 0.3) is 10.2 Å². The number of nitrogens with zero attached hydrogens (tertiary/aromatic N) is 2. The van der Waals surface area contributed by atoms with Gasteiger partial charge in [-0.1, -0.05) is 18.2 Å². The third kappa shape index (κ3) is 4.04. The number of benzene rings is 1. The lowest BCUT2D eigenvalue weighted by Crippen LogP contribution is -2.52. The highest BCUT2D eigenvalue weighted by molar-refractivity contribution is 7.18. The molecule has 2 amide bonds. The molecule has 1 saturated heterocycles. The lowest BCUT2D eigenvalue weighted by Gasteiger charge is -2.34. The van der Waals surface area contributed by atoms with Crippen molar-refractivity contribution in [2.45, 2.75) is 31.7 Å². The van der Waals surface area contributed by atoms with Crippen molar-refractivity contribution in [1.29, 1.82) is 0 Å². The molecule has 1 unspecified atom stereocenters. The molecule has 0 radical (unpaired) electrons. The molecule has 1 N–H and O–H groups in total. The van der Waals surface area contributed by atoms with Gasteiger partial charge in [-0.25, -0.2) is 4.98 Å². The van der Waals surface area contributed by atoms with E-state index in [-0.39, 0.29) is 17.9 Å². The molecule has 3 aromatic rings. The molecule has 5 nitrogen and oxygen atoms in total. The van der Waals surface area contributed by atoms with Crippen LogP contribution in [0.2, 0.25) is 0 Å². The van der Waals surface area contributed by atoms with Crippen LogP contribution in [0.15, 0.2) is 41.8 Å². The van der Waals surface area contributed by atoms with Gasteiger partial charge in [-0.3, -0.25) is 9.59 Å². The van der Waals surface area contributed by atoms with Crippen LogP contribution in [0.5, 0.6) is 0 Å². The summed E-state index contributed by atoms with van der Waals surface area (Å²) in [5.41, 5.74) is 1.00. The Balaban J connectivity index is 1.36. The molecule has 0 aliphatic carbocycles. The van der Waals surface area contributed by atoms with Crippen molar-refractivity contribution >= 4 is 44.7 Å². The van der Waals surface area contributed by atoms with Crippen LogP contribution in [-0.4, -0.2) is 40.8 Å². The second-order valence-corrected chi connectivity index (χ2v) is 8.67. The third-order valence-corrected chi connectivity index (χ3v) is 6.73. The quantitative estimate of drug-likeness (QED) is 0.711. The van der Waals surface area contributed by atoms with E-state index in [1.807, 2.05) is 35.7 Å². The molecule has 4 rings (SSSR count). The number of fused-ring (bicyclic) bond motifs is 1. The second-order valence-electron chi connectivity index (χ2n) is 6.60. The minimum atomic E-state index is -0.372. The van der Waals surface area contributed by atoms with Crippen LogP contribution < -0.4 is 5.32 Å². The van der Waals surface area contributed by atoms with E-state index >= 15 is 0 Å². The van der Waals surface area contributed by atoms with Gasteiger partial charge < -0.3 is 10.2 Å². The summed E-state index contributed by atoms with van der Waals surface area (Å²) in [7, 11) is 0. The average molecular weight is 400 g/mol. The smallest absolute Gasteiger partial charge is 0.264 e. The van der Waals surface area contributed by atoms with Crippen molar-refractivity contribution in [3.63, 3.8) is 0 Å². The Morgan fingerprint density at radius 3 is 2.89 bits per heavy atom. The van der Waals surface area contributed by atoms with Crippen LogP contribution in [0.4, 0.5) is 0 Å². The lowest BCUT2D eigenvalue weighted by atomic mass is 10.0. The van der Waals surface area contributed by atoms with E-state index in [9.17, 15) is 9.59 Å². The van der Waals surface area contributed by atoms with Gasteiger partial charge in [0.05, 0.1) is 20.1 Å². The van der Waals surface area contributed by atoms with Gasteiger partial charge in [0.15, 0.2) is 0 Å². The van der Waals surface area contributed by atoms with Gasteiger partial charge in [0.2, 0.25) is 5.91 Å². The Kier molecular flexibility index (Phi) is 5.50. The van der Waals surface area contributed by atoms with E-state index in [4.69, 9.17) is 0 Å². The van der Waals surface area contributed by atoms with Gasteiger partial charge >= 0.3 is 0 Å². The monoisotopic (exact) mass is 399 g/mol. The fourth-order valence-corrected chi connectivity index (χ4v) is 5.07. The highest BCUT2D eigenvalue weighted by atomic mass is 32.1. The zero-order valence-corrected chi connectivity index (χ0v) is 16.5. The summed E-state index contributed by atoms with van der Waals surface area (Å²) in [4.78, 5) is 32.5. The molecule has 7 heteroatoms. The van der Waals surface area contributed by atoms with Gasteiger partial charge in [-0.05, 0) is 42.8 Å². The Labute approximate surface area is 166 Å². The maximum Gasteiger partial charge on any atom is 0.264 e. The van der Waals surface area contributed by atoms with Crippen molar-refractivity contribution in [2.75, 3.05) is 13.1 Å². The topological polar surface area (TPSA) is 62.3 Å². The lowest BCUT2D eigenvalue weighted by molar-refractivity contribution is -0.126. The van der Waals surface area contributed by atoms with Gasteiger partial charge in [-0.15, -0.1) is 22.7 Å². The number of thiazole rings is 1. The van der Waals surface area contributed by atoms with E-state index < -0.39 is 0 Å². The maximum absolute atomic E-state index is 12.7. The number of hydrogen-bond acceptors (Lipinski definition) is 5. The summed E-state index contributed by atoms with van der Waals surface area (Å²) in [5, 5.41) is 5.93. The van der Waals surface area contributed by atoms with Crippen LogP contribution in [0, 0.1) is 0 Å². The van der Waals surface area contributed by atoms with Crippen molar-refractivity contribution in [1.82, 2.24) is 15.2 Å². The van der Waals surface area contributed by atoms with Crippen molar-refractivity contribution in [3.05, 3.63) is 51.7 Å². The third-order valence-electron chi connectivity index (χ3n) is 4.77. The summed E-state index contributed by atoms with van der Waals surface area (Å²) < 4.78 is 1.17. The standard InChI is InChI=1S/C20H21N3O2S2/c24-19(21-11-10-18-22-14-6-1-2-8-16(14)27-18)15-7-3-4-12-23(15)20(25)17-9-5-13-26-17/h1-2,5-6,8-9,13,15H,3-4,7,10-12H2,(H,21,24). The predicted molar refractivity (Wildman–Crippen MR) is 109 cm³/mol. The van der Waals surface area contributed by atoms with Crippen LogP contribution >= 0.6 is 22.7 Å². The second kappa shape index (κ2) is 8.19. The van der Waals surface area contributed by atoms with Gasteiger partial charge in [0.25, 0.3) is 5.91 Å². The number of para-hydroxylation sites is 1. The fourth-order valence-electron chi connectivity index (χ4n) is 3.43. The number of rotatable bonds is 5. The number of nitrogens with one attached hydrogen (secondary N) is 1. The highest BCUT2D eigenvalue weighted by Gasteiger charge is 2.32. The largest absolute Gasteiger partial charge is 0.354 e. The number of carbonyl (C=O) groups excluding carboxylic acids is 2. The Morgan fingerprint density at radius 2 is 2.07 bits per heavy atom. The number of amides is 2. The number of likely N-dealkylation sites (tertiary alicyclic amines) is 1. The zero-order chi connectivity index (χ0) is 18.6. The molecule has 27 heavy (non-hydrogen) atoms. The maximum atomic E-state index is 12.7. The van der Waals surface area contributed by atoms with Crippen molar-refractivity contribution in [3.8, 4) is 0 Å². The van der Waals surface area contributed by atoms with E-state index in [0.717, 1.165) is 29.8 Å². The minimum Gasteiger partial charge on any atom is -0.354 e. The molecule has 1 aliphatic heterocycles. The molecule has 0 bridgehead atoms. The first-order valence-electron chi connectivity index (χ1n) is 9.19. The average Bonchev–Trinajstić information content (AvgIpc) is 3.37. The molecular weight excluding hydrogens is 378 g/mol. The molecule has 1 fully saturated rings. The summed E-state index contributed by atoms with van der Waals surface area (Å²) in [5.74, 6) is -0.0864. The zero-order valence-electron chi connectivity index (χ0n) is 14.9. The Bertz CT molecular complexity index is 903. The summed E-state index contributed by atoms with van der Waals surface area (Å²) >= 11 is 3.09. The molecular formula is C20H21N3O2S2. The molecule has 1 aromatic carbocycles. The van der Waals surface area contributed by atoms with Crippen LogP contribution in [0.3, 0.4) is 0 Å². The van der Waals surface area contributed by atoms with Crippen LogP contribution in [0.1, 0.15) is 33.9 Å². The van der Waals surface area contributed by atoms with E-state index in [0.29, 0.717) is 24.4 Å². The normalized spacial score (nSPS) is 17.2. The van der Waals surface area contributed by atoms with E-state index in [1.165, 1.54) is 16.0 Å². The molecule has 1 aliphatic rings. The predicted octanol–water partition coefficient (Wildman–Crippen LogP) is 3.71. The van der Waals surface area contributed by atoms with Gasteiger partial charge in [0, 0.05) is 19.5 Å². The number of piperidine rings is 1. The minimum absolute atomic E-state index is 0.0315. The highest BCUT2D eigenvalue weighted by Crippen LogP contribution is 2.23. The number of hydrogen-bond donors (Lipinski definition) is 1. The fraction of sp³-hybridized carbons (Fsp3) is 0.350. The first kappa shape index (κ1) is 18.1. The van der Waals surface area contributed by atoms with E-state index in [1.54, 1.807) is 16.2 Å². The summed E-state index contributed by atoms with van der Waals surface area (Å²) in [6, 6.07) is 11.4. The molecule has 140 valence electrons. The number of carbonyl (C=O) groups is 2. The molecule has 0 spiro atoms. The van der Waals surface area contributed by atoms with E-state index in [2.05, 4.69) is 16.4 Å². The van der Waals surface area contributed by atoms with Crippen molar-refractivity contribution in [2.24, 2.45) is 0 Å². The number of aromatic nitrogens is 1. The van der Waals surface area contributed by atoms with Crippen LogP contribution in [-0.2, 0) is 11.2 Å². The first-order chi connectivity index (χ1) is 13.2. The molecule has 1 atom stereocenters. The first-order valence-corrected chi connectivity index (χ1v) is 10.9. The number of thiophene rings is 1. The molecule has 3 heterocycles. The molecule has 0 saturated carbocycles. The van der Waals surface area contributed by atoms with Gasteiger partial charge in [-0.2, -0.15) is 0 Å². The Morgan fingerprint density at radius 1 is 1.19 bits per heavy atom.